The van der Waals surface area contributed by atoms with Crippen molar-refractivity contribution in [2.45, 2.75) is 13.8 Å². The molecular formula is C7H9BrI2O2. The van der Waals surface area contributed by atoms with Crippen LogP contribution in [-0.4, -0.2) is 12.6 Å². The van der Waals surface area contributed by atoms with E-state index in [1.54, 1.807) is 0 Å². The fraction of sp³-hybridized carbons (Fsp3) is 0.571. The van der Waals surface area contributed by atoms with Crippen molar-refractivity contribution in [1.82, 2.24) is 0 Å². The Kier molecular flexibility index (Phi) is 7.21. The van der Waals surface area contributed by atoms with Crippen molar-refractivity contribution < 1.29 is 9.53 Å². The van der Waals surface area contributed by atoms with Crippen LogP contribution in [0.5, 0.6) is 0 Å². The molecule has 0 aliphatic rings. The van der Waals surface area contributed by atoms with Crippen molar-refractivity contribution >= 4 is 67.1 Å². The molecule has 0 fully saturated rings. The van der Waals surface area contributed by atoms with Crippen molar-refractivity contribution in [3.05, 3.63) is 6.07 Å². The smallest absolute Gasteiger partial charge is 0.308 e. The van der Waals surface area contributed by atoms with Gasteiger partial charge in [-0.2, -0.15) is 0 Å². The summed E-state index contributed by atoms with van der Waals surface area (Å²) in [5.74, 6) is -0.212. The summed E-state index contributed by atoms with van der Waals surface area (Å²) < 4.78 is 6.97. The molecule has 0 spiro atoms. The van der Waals surface area contributed by atoms with E-state index in [2.05, 4.69) is 61.1 Å². The van der Waals surface area contributed by atoms with E-state index in [9.17, 15) is 4.79 Å². The highest BCUT2D eigenvalue weighted by atomic mass is 127. The second-order valence-electron chi connectivity index (χ2n) is 2.43. The largest absolute Gasteiger partial charge is 0.460 e. The molecule has 0 saturated carbocycles. The van der Waals surface area contributed by atoms with E-state index in [1.165, 1.54) is 0 Å². The number of carbonyl (C=O) groups excluding carboxylic acids is 1. The molecule has 0 aromatic carbocycles. The number of halogens is 3. The standard InChI is InChI=1S/C7H9BrI2O2/c1-4(2)7(11)12-3-5(9)6(8)10/h4H,3H2,1-2H3. The van der Waals surface area contributed by atoms with E-state index < -0.39 is 0 Å². The lowest BCUT2D eigenvalue weighted by Crippen LogP contribution is -2.12. The van der Waals surface area contributed by atoms with Crippen LogP contribution in [0.3, 0.4) is 0 Å². The van der Waals surface area contributed by atoms with Gasteiger partial charge >= 0.3 is 5.97 Å². The molecule has 70 valence electrons. The summed E-state index contributed by atoms with van der Waals surface area (Å²) in [4.78, 5) is 11.0. The number of ether oxygens (including phenoxy) is 1. The number of esters is 1. The van der Waals surface area contributed by atoms with Crippen LogP contribution in [0.1, 0.15) is 13.8 Å². The lowest BCUT2D eigenvalue weighted by Gasteiger charge is -2.06. The van der Waals surface area contributed by atoms with Gasteiger partial charge < -0.3 is 4.74 Å². The molecule has 0 aromatic heterocycles. The maximum Gasteiger partial charge on any atom is 0.308 e. The first-order valence-electron chi connectivity index (χ1n) is 3.31. The molecule has 0 bridgehead atoms. The Bertz CT molecular complexity index is 198. The van der Waals surface area contributed by atoms with Crippen molar-refractivity contribution in [2.24, 2.45) is 5.92 Å². The first-order valence-corrected chi connectivity index (χ1v) is 6.26. The Hall–Kier alpha value is 1.15. The van der Waals surface area contributed by atoms with Gasteiger partial charge in [-0.3, -0.25) is 4.79 Å². The topological polar surface area (TPSA) is 26.3 Å². The molecule has 0 amide bonds. The second-order valence-corrected chi connectivity index (χ2v) is 7.08. The van der Waals surface area contributed by atoms with Crippen LogP contribution in [0.4, 0.5) is 0 Å². The van der Waals surface area contributed by atoms with Crippen molar-refractivity contribution in [1.29, 1.82) is 0 Å². The number of carbonyl (C=O) groups is 1. The van der Waals surface area contributed by atoms with Crippen molar-refractivity contribution in [3.8, 4) is 0 Å². The molecule has 0 saturated heterocycles. The van der Waals surface area contributed by atoms with E-state index in [-0.39, 0.29) is 11.9 Å². The first-order chi connectivity index (χ1) is 5.45. The summed E-state index contributed by atoms with van der Waals surface area (Å²) in [5.41, 5.74) is 0. The fourth-order valence-corrected chi connectivity index (χ4v) is 0.782. The zero-order chi connectivity index (χ0) is 9.72. The molecule has 0 aliphatic carbocycles. The lowest BCUT2D eigenvalue weighted by molar-refractivity contribution is -0.146. The van der Waals surface area contributed by atoms with Crippen molar-refractivity contribution in [2.75, 3.05) is 6.61 Å². The van der Waals surface area contributed by atoms with Gasteiger partial charge in [0.1, 0.15) is 6.61 Å². The average Bonchev–Trinajstić information content (AvgIpc) is 1.98. The highest BCUT2D eigenvalue weighted by Gasteiger charge is 2.08. The molecule has 0 N–H and O–H groups in total. The Morgan fingerprint density at radius 2 is 2.00 bits per heavy atom. The van der Waals surface area contributed by atoms with Gasteiger partial charge in [0.2, 0.25) is 0 Å². The molecule has 0 radical (unpaired) electrons. The summed E-state index contributed by atoms with van der Waals surface area (Å²) in [6.45, 7) is 4.00. The predicted molar refractivity (Wildman–Crippen MR) is 69.8 cm³/mol. The molecule has 0 atom stereocenters. The van der Waals surface area contributed by atoms with E-state index >= 15 is 0 Å². The molecular weight excluding hydrogens is 450 g/mol. The highest BCUT2D eigenvalue weighted by Crippen LogP contribution is 2.24. The molecule has 5 heteroatoms. The fourth-order valence-electron chi connectivity index (χ4n) is 0.356. The highest BCUT2D eigenvalue weighted by molar-refractivity contribution is 14.1. The predicted octanol–water partition coefficient (Wildman–Crippen LogP) is 3.62. The zero-order valence-electron chi connectivity index (χ0n) is 6.73. The third-order valence-electron chi connectivity index (χ3n) is 1.02. The van der Waals surface area contributed by atoms with Crippen molar-refractivity contribution in [3.63, 3.8) is 0 Å². The summed E-state index contributed by atoms with van der Waals surface area (Å²) in [7, 11) is 0. The minimum absolute atomic E-state index is 0.0535. The van der Waals surface area contributed by atoms with Gasteiger partial charge in [-0.1, -0.05) is 13.8 Å². The minimum atomic E-state index is -0.158. The van der Waals surface area contributed by atoms with Gasteiger partial charge in [-0.25, -0.2) is 0 Å². The summed E-state index contributed by atoms with van der Waals surface area (Å²) >= 11 is 7.56. The van der Waals surface area contributed by atoms with Crippen LogP contribution < -0.4 is 0 Å². The second kappa shape index (κ2) is 6.58. The quantitative estimate of drug-likeness (QED) is 0.477. The van der Waals surface area contributed by atoms with E-state index in [0.29, 0.717) is 6.61 Å². The maximum atomic E-state index is 11.0. The first kappa shape index (κ1) is 13.2. The van der Waals surface area contributed by atoms with Gasteiger partial charge in [-0.05, 0) is 61.1 Å². The van der Waals surface area contributed by atoms with E-state index in [4.69, 9.17) is 4.74 Å². The third-order valence-corrected chi connectivity index (χ3v) is 4.77. The Morgan fingerprint density at radius 3 is 2.33 bits per heavy atom. The molecule has 0 unspecified atom stereocenters. The third kappa shape index (κ3) is 5.74. The zero-order valence-corrected chi connectivity index (χ0v) is 12.6. The summed E-state index contributed by atoms with van der Waals surface area (Å²) in [5, 5.41) is 0. The summed E-state index contributed by atoms with van der Waals surface area (Å²) in [6.07, 6.45) is 0. The Balaban J connectivity index is 3.85. The molecule has 12 heavy (non-hydrogen) atoms. The Morgan fingerprint density at radius 1 is 1.50 bits per heavy atom. The van der Waals surface area contributed by atoms with Crippen LogP contribution >= 0.6 is 61.1 Å². The maximum absolute atomic E-state index is 11.0. The number of hydrogen-bond acceptors (Lipinski definition) is 2. The minimum Gasteiger partial charge on any atom is -0.460 e. The van der Waals surface area contributed by atoms with Crippen LogP contribution in [0, 0.1) is 5.92 Å². The van der Waals surface area contributed by atoms with Gasteiger partial charge in [0.25, 0.3) is 0 Å². The Labute approximate surface area is 108 Å². The lowest BCUT2D eigenvalue weighted by atomic mass is 10.2. The SMILES string of the molecule is CC(C)C(=O)OCC(I)=C(Br)I. The molecule has 0 aromatic rings. The summed E-state index contributed by atoms with van der Waals surface area (Å²) in [6, 6.07) is 0. The normalized spacial score (nSPS) is 12.8. The molecule has 0 aliphatic heterocycles. The molecule has 2 nitrogen and oxygen atoms in total. The average molecular weight is 459 g/mol. The van der Waals surface area contributed by atoms with Gasteiger partial charge in [0.05, 0.1) is 8.41 Å². The van der Waals surface area contributed by atoms with Crippen LogP contribution in [0.25, 0.3) is 0 Å². The number of hydrogen-bond donors (Lipinski definition) is 0. The van der Waals surface area contributed by atoms with Crippen LogP contribution in [0.2, 0.25) is 0 Å². The van der Waals surface area contributed by atoms with Gasteiger partial charge in [-0.15, -0.1) is 0 Å². The molecule has 0 heterocycles. The van der Waals surface area contributed by atoms with Gasteiger partial charge in [0, 0.05) is 3.58 Å². The van der Waals surface area contributed by atoms with E-state index in [0.717, 1.165) is 6.07 Å². The van der Waals surface area contributed by atoms with Gasteiger partial charge in [0.15, 0.2) is 0 Å². The van der Waals surface area contributed by atoms with Crippen LogP contribution in [0.15, 0.2) is 6.07 Å². The van der Waals surface area contributed by atoms with Crippen LogP contribution in [-0.2, 0) is 9.53 Å². The monoisotopic (exact) mass is 458 g/mol. The number of rotatable bonds is 3. The molecule has 0 rings (SSSR count). The van der Waals surface area contributed by atoms with E-state index in [1.807, 2.05) is 13.8 Å².